The van der Waals surface area contributed by atoms with Crippen LogP contribution in [0.3, 0.4) is 0 Å². The summed E-state index contributed by atoms with van der Waals surface area (Å²) in [6.07, 6.45) is 0. The monoisotopic (exact) mass is 520 g/mol. The first kappa shape index (κ1) is 27.1. The Morgan fingerprint density at radius 2 is 1.41 bits per heavy atom. The lowest BCUT2D eigenvalue weighted by atomic mass is 10.1. The number of nitriles is 1. The zero-order valence-corrected chi connectivity index (χ0v) is 22.9. The highest BCUT2D eigenvalue weighted by Crippen LogP contribution is 2.27. The van der Waals surface area contributed by atoms with Gasteiger partial charge in [-0.3, -0.25) is 0 Å². The predicted molar refractivity (Wildman–Crippen MR) is 153 cm³/mol. The van der Waals surface area contributed by atoms with Crippen LogP contribution in [-0.2, 0) is 13.1 Å². The van der Waals surface area contributed by atoms with Crippen molar-refractivity contribution in [1.82, 2.24) is 19.6 Å². The van der Waals surface area contributed by atoms with Gasteiger partial charge in [-0.2, -0.15) is 9.78 Å². The highest BCUT2D eigenvalue weighted by molar-refractivity contribution is 5.67. The van der Waals surface area contributed by atoms with E-state index in [1.54, 1.807) is 24.8 Å². The van der Waals surface area contributed by atoms with Gasteiger partial charge >= 0.3 is 0 Å². The third-order valence-electron chi connectivity index (χ3n) is 6.05. The molecule has 0 bridgehead atoms. The Morgan fingerprint density at radius 3 is 1.95 bits per heavy atom. The predicted octanol–water partition coefficient (Wildman–Crippen LogP) is 6.22. The first-order valence-corrected chi connectivity index (χ1v) is 12.8. The summed E-state index contributed by atoms with van der Waals surface area (Å²) < 4.78 is 12.5. The van der Waals surface area contributed by atoms with Gasteiger partial charge in [0.15, 0.2) is 5.65 Å². The Bertz CT molecular complexity index is 1520. The van der Waals surface area contributed by atoms with Crippen molar-refractivity contribution in [3.63, 3.8) is 0 Å². The third kappa shape index (κ3) is 6.33. The Balaban J connectivity index is 0.00000172. The molecule has 0 radical (unpaired) electrons. The maximum absolute atomic E-state index is 9.41. The molecule has 0 amide bonds. The van der Waals surface area contributed by atoms with Gasteiger partial charge in [0.05, 0.1) is 31.5 Å². The molecule has 0 atom stereocenters. The van der Waals surface area contributed by atoms with E-state index >= 15 is 0 Å². The molecule has 0 aliphatic carbocycles. The molecular formula is C31H32N6O2. The lowest BCUT2D eigenvalue weighted by molar-refractivity contribution is 0.414. The van der Waals surface area contributed by atoms with E-state index in [2.05, 4.69) is 21.1 Å². The lowest BCUT2D eigenvalue weighted by Crippen LogP contribution is -2.26. The molecule has 198 valence electrons. The molecule has 0 spiro atoms. The second-order valence-electron chi connectivity index (χ2n) is 8.62. The summed E-state index contributed by atoms with van der Waals surface area (Å²) in [5.74, 6) is 2.91. The van der Waals surface area contributed by atoms with E-state index in [1.807, 2.05) is 93.6 Å². The van der Waals surface area contributed by atoms with Crippen LogP contribution in [0.2, 0.25) is 0 Å². The molecule has 0 saturated heterocycles. The van der Waals surface area contributed by atoms with Crippen molar-refractivity contribution < 1.29 is 9.47 Å². The number of nitrogens with zero attached hydrogens (tertiary/aromatic N) is 6. The largest absolute Gasteiger partial charge is 0.497 e. The summed E-state index contributed by atoms with van der Waals surface area (Å²) >= 11 is 0. The zero-order chi connectivity index (χ0) is 27.8. The minimum atomic E-state index is 0.576. The van der Waals surface area contributed by atoms with Gasteiger partial charge in [-0.15, -0.1) is 5.10 Å². The number of aromatic nitrogens is 4. The highest BCUT2D eigenvalue weighted by Gasteiger charge is 2.19. The summed E-state index contributed by atoms with van der Waals surface area (Å²) in [6.45, 7) is 7.03. The zero-order valence-electron chi connectivity index (χ0n) is 22.9. The molecule has 2 aromatic heterocycles. The van der Waals surface area contributed by atoms with Gasteiger partial charge in [0, 0.05) is 24.7 Å². The maximum Gasteiger partial charge on any atom is 0.229 e. The van der Waals surface area contributed by atoms with Crippen LogP contribution in [0.1, 0.15) is 36.4 Å². The van der Waals surface area contributed by atoms with Crippen molar-refractivity contribution in [3.05, 3.63) is 101 Å². The molecule has 0 aliphatic heterocycles. The van der Waals surface area contributed by atoms with Crippen LogP contribution in [0.25, 0.3) is 16.9 Å². The summed E-state index contributed by atoms with van der Waals surface area (Å²) in [7, 11) is 3.32. The number of hydrogen-bond acceptors (Lipinski definition) is 7. The standard InChI is InChI=1S/C29H26N6O2.C2H6/c1-20-31-28-16-27(24-6-4-5-23(15-24)17-30)32-29(35(28)33-20)34(18-21-7-11-25(36-2)12-8-21)19-22-9-13-26(37-3)14-10-22;1-2/h4-16H,18-19H2,1-3H3;1-2H3. The Morgan fingerprint density at radius 1 is 0.821 bits per heavy atom. The van der Waals surface area contributed by atoms with Crippen LogP contribution in [0.5, 0.6) is 11.5 Å². The molecule has 0 unspecified atom stereocenters. The van der Waals surface area contributed by atoms with Gasteiger partial charge in [-0.25, -0.2) is 9.97 Å². The van der Waals surface area contributed by atoms with Gasteiger partial charge in [0.1, 0.15) is 17.3 Å². The maximum atomic E-state index is 9.41. The fourth-order valence-electron chi connectivity index (χ4n) is 4.18. The summed E-state index contributed by atoms with van der Waals surface area (Å²) in [5.41, 5.74) is 5.02. The summed E-state index contributed by atoms with van der Waals surface area (Å²) in [6, 6.07) is 27.5. The molecule has 5 aromatic rings. The van der Waals surface area contributed by atoms with Crippen molar-refractivity contribution in [2.24, 2.45) is 0 Å². The van der Waals surface area contributed by atoms with E-state index in [9.17, 15) is 5.26 Å². The van der Waals surface area contributed by atoms with Crippen molar-refractivity contribution >= 4 is 11.6 Å². The minimum absolute atomic E-state index is 0.576. The number of aryl methyl sites for hydroxylation is 1. The smallest absolute Gasteiger partial charge is 0.229 e. The van der Waals surface area contributed by atoms with Crippen LogP contribution in [-0.4, -0.2) is 33.8 Å². The number of ether oxygens (including phenoxy) is 2. The van der Waals surface area contributed by atoms with Gasteiger partial charge < -0.3 is 14.4 Å². The van der Waals surface area contributed by atoms with E-state index in [-0.39, 0.29) is 0 Å². The number of hydrogen-bond donors (Lipinski definition) is 0. The SMILES string of the molecule is CC.COc1ccc(CN(Cc2ccc(OC)cc2)c2nc(-c3cccc(C#N)c3)cc3nc(C)nn23)cc1. The second kappa shape index (κ2) is 12.6. The average molecular weight is 521 g/mol. The van der Waals surface area contributed by atoms with Gasteiger partial charge in [-0.05, 0) is 54.4 Å². The van der Waals surface area contributed by atoms with Crippen LogP contribution >= 0.6 is 0 Å². The lowest BCUT2D eigenvalue weighted by Gasteiger charge is -2.25. The van der Waals surface area contributed by atoms with Gasteiger partial charge in [0.2, 0.25) is 5.95 Å². The molecule has 8 nitrogen and oxygen atoms in total. The van der Waals surface area contributed by atoms with Crippen molar-refractivity contribution in [3.8, 4) is 28.8 Å². The highest BCUT2D eigenvalue weighted by atomic mass is 16.5. The number of rotatable bonds is 8. The van der Waals surface area contributed by atoms with Crippen LogP contribution < -0.4 is 14.4 Å². The van der Waals surface area contributed by atoms with Crippen molar-refractivity contribution in [2.75, 3.05) is 19.1 Å². The molecular weight excluding hydrogens is 488 g/mol. The van der Waals surface area contributed by atoms with Crippen LogP contribution in [0.15, 0.2) is 78.9 Å². The molecule has 3 aromatic carbocycles. The second-order valence-corrected chi connectivity index (χ2v) is 8.62. The Kier molecular flexibility index (Phi) is 8.75. The molecule has 0 saturated carbocycles. The van der Waals surface area contributed by atoms with E-state index in [0.29, 0.717) is 36.1 Å². The molecule has 0 N–H and O–H groups in total. The first-order valence-electron chi connectivity index (χ1n) is 12.8. The van der Waals surface area contributed by atoms with Gasteiger partial charge in [-0.1, -0.05) is 50.2 Å². The normalized spacial score (nSPS) is 10.4. The van der Waals surface area contributed by atoms with Gasteiger partial charge in [0.25, 0.3) is 0 Å². The Hall–Kier alpha value is -4.90. The fourth-order valence-corrected chi connectivity index (χ4v) is 4.18. The molecule has 2 heterocycles. The number of fused-ring (bicyclic) bond motifs is 1. The van der Waals surface area contributed by atoms with Crippen molar-refractivity contribution in [1.29, 1.82) is 5.26 Å². The van der Waals surface area contributed by atoms with E-state index in [4.69, 9.17) is 14.5 Å². The number of methoxy groups -OCH3 is 2. The topological polar surface area (TPSA) is 88.6 Å². The molecule has 8 heteroatoms. The van der Waals surface area contributed by atoms with E-state index in [0.717, 1.165) is 33.9 Å². The minimum Gasteiger partial charge on any atom is -0.497 e. The quantitative estimate of drug-likeness (QED) is 0.240. The summed E-state index contributed by atoms with van der Waals surface area (Å²) in [4.78, 5) is 11.8. The molecule has 5 rings (SSSR count). The number of anilines is 1. The van der Waals surface area contributed by atoms with Crippen LogP contribution in [0.4, 0.5) is 5.95 Å². The fraction of sp³-hybridized carbons (Fsp3) is 0.226. The van der Waals surface area contributed by atoms with E-state index < -0.39 is 0 Å². The third-order valence-corrected chi connectivity index (χ3v) is 6.05. The first-order chi connectivity index (χ1) is 19.1. The average Bonchev–Trinajstić information content (AvgIpc) is 3.38. The molecule has 39 heavy (non-hydrogen) atoms. The summed E-state index contributed by atoms with van der Waals surface area (Å²) in [5, 5.41) is 14.1. The van der Waals surface area contributed by atoms with Crippen molar-refractivity contribution in [2.45, 2.75) is 33.9 Å². The molecule has 0 aliphatic rings. The van der Waals surface area contributed by atoms with E-state index in [1.165, 1.54) is 0 Å². The Labute approximate surface area is 229 Å². The molecule has 0 fully saturated rings. The number of benzene rings is 3. The van der Waals surface area contributed by atoms with Crippen LogP contribution in [0, 0.1) is 18.3 Å².